The lowest BCUT2D eigenvalue weighted by Gasteiger charge is -2.34. The Labute approximate surface area is 645 Å². The SMILES string of the molecule is O=C1C=CC(=O)O1.O=C1OC(=O)c2cc(C3(c4ccc5c(c4)C(=O)OC5=O)c4ccccc4-c4ccccc43)ccc21.O=C1OC(=O)c2ccccc21.Oc1ccc2cc(C3(c4ccc(-c5ccc(C6(c7ccc8cc(O)ccc8c7)c7ccccc7-c7ccccc76)cc5)cc4)c4ccccc4-c4ccccc43)ccc2c1. The second-order valence-electron chi connectivity index (χ2n) is 28.3. The number of hydrogen-bond donors (Lipinski definition) is 2. The van der Waals surface area contributed by atoms with Gasteiger partial charge in [-0.15, -0.1) is 0 Å². The van der Waals surface area contributed by atoms with Crippen molar-refractivity contribution < 1.29 is 67.5 Å². The number of benzene rings is 15. The number of cyclic esters (lactones) is 8. The van der Waals surface area contributed by atoms with Crippen molar-refractivity contribution in [1.29, 1.82) is 0 Å². The highest BCUT2D eigenvalue weighted by molar-refractivity contribution is 6.17. The molecule has 0 unspecified atom stereocenters. The van der Waals surface area contributed by atoms with E-state index in [1.165, 1.54) is 66.8 Å². The van der Waals surface area contributed by atoms with Crippen LogP contribution < -0.4 is 0 Å². The van der Waals surface area contributed by atoms with E-state index in [0.29, 0.717) is 11.1 Å². The molecule has 22 rings (SSSR count). The summed E-state index contributed by atoms with van der Waals surface area (Å²) in [5.41, 5.74) is 22.2. The molecule has 0 saturated carbocycles. The number of hydrogen-bond acceptors (Lipinski definition) is 14. The van der Waals surface area contributed by atoms with Gasteiger partial charge in [0.2, 0.25) is 0 Å². The standard InChI is InChI=1S/C58H38O2.C29H14O6.C8H4O3.C4H2O3/c59-47-31-23-39-33-45(29-21-41(39)35-47)57(53-13-5-1-9-49(53)50-10-2-6-14-54(50)57)43-25-17-37(18-26-43)38-19-27-44(28-20-38)58(46-30-22-42-36-48(60)32-24-40(42)34-46)55-15-7-3-11-51(55)52-12-4-8-16-56(52)58;30-25-19-11-9-15(13-21(19)27(32)34-25)29(16-10-12-20-22(14-16)28(33)35-26(20)31)23-7-3-1-5-17(23)18-6-2-4-8-24(18)29;9-7-5-3-1-2-4-6(5)8(10)11-7;5-3-1-2-4(6)7-3/h1-36,59-60H;1-14H;1-4H;1-2H. The maximum Gasteiger partial charge on any atom is 0.346 e. The average Bonchev–Trinajstić information content (AvgIpc) is 1.52. The minimum atomic E-state index is -0.922. The van der Waals surface area contributed by atoms with E-state index in [2.05, 4.69) is 191 Å². The number of carbonyl (C=O) groups excluding carboxylic acids is 8. The van der Waals surface area contributed by atoms with Crippen molar-refractivity contribution >= 4 is 69.3 Å². The highest BCUT2D eigenvalue weighted by atomic mass is 16.6. The van der Waals surface area contributed by atoms with Crippen LogP contribution in [0.25, 0.3) is 66.1 Å². The van der Waals surface area contributed by atoms with Gasteiger partial charge in [-0.25, -0.2) is 38.4 Å². The summed E-state index contributed by atoms with van der Waals surface area (Å²) in [5, 5.41) is 24.8. The van der Waals surface area contributed by atoms with Crippen molar-refractivity contribution in [2.75, 3.05) is 0 Å². The third kappa shape index (κ3) is 10.7. The molecule has 0 bridgehead atoms. The van der Waals surface area contributed by atoms with Gasteiger partial charge in [0.25, 0.3) is 0 Å². The van der Waals surface area contributed by atoms with Crippen LogP contribution in [0.5, 0.6) is 11.5 Å². The maximum absolute atomic E-state index is 12.5. The molecule has 15 aromatic carbocycles. The molecule has 0 saturated heterocycles. The highest BCUT2D eigenvalue weighted by Gasteiger charge is 2.50. The van der Waals surface area contributed by atoms with Crippen LogP contribution in [0.3, 0.4) is 0 Å². The first-order valence-corrected chi connectivity index (χ1v) is 36.5. The topological polar surface area (TPSA) is 214 Å². The van der Waals surface area contributed by atoms with E-state index in [1.807, 2.05) is 84.9 Å². The first-order valence-electron chi connectivity index (χ1n) is 36.5. The summed E-state index contributed by atoms with van der Waals surface area (Å²) in [6.07, 6.45) is 2.17. The molecular formula is C99H58O14. The molecule has 3 aliphatic carbocycles. The average molecular weight is 1470 g/mol. The van der Waals surface area contributed by atoms with Crippen LogP contribution in [0.15, 0.2) is 340 Å². The zero-order valence-corrected chi connectivity index (χ0v) is 59.6. The Hall–Kier alpha value is -15.3. The van der Waals surface area contributed by atoms with E-state index in [4.69, 9.17) is 9.47 Å². The van der Waals surface area contributed by atoms with Gasteiger partial charge in [0.1, 0.15) is 11.5 Å². The summed E-state index contributed by atoms with van der Waals surface area (Å²) in [7, 11) is 0. The molecule has 0 atom stereocenters. The van der Waals surface area contributed by atoms with Crippen LogP contribution in [0.2, 0.25) is 0 Å². The van der Waals surface area contributed by atoms with Gasteiger partial charge in [0, 0.05) is 12.2 Å². The Balaban J connectivity index is 0.000000134. The Morgan fingerprint density at radius 3 is 0.726 bits per heavy atom. The van der Waals surface area contributed by atoms with E-state index in [9.17, 15) is 48.6 Å². The summed E-state index contributed by atoms with van der Waals surface area (Å²) in [6.45, 7) is 0. The van der Waals surface area contributed by atoms with Gasteiger partial charge in [-0.2, -0.15) is 0 Å². The molecule has 113 heavy (non-hydrogen) atoms. The largest absolute Gasteiger partial charge is 0.508 e. The van der Waals surface area contributed by atoms with E-state index < -0.39 is 64.0 Å². The monoisotopic (exact) mass is 1470 g/mol. The summed E-state index contributed by atoms with van der Waals surface area (Å²) in [6, 6.07) is 111. The fraction of sp³-hybridized carbons (Fsp3) is 0.0303. The predicted octanol–water partition coefficient (Wildman–Crippen LogP) is 19.1. The molecule has 0 spiro atoms. The third-order valence-electron chi connectivity index (χ3n) is 22.6. The number of aromatic hydroxyl groups is 2. The molecule has 4 aliphatic heterocycles. The smallest absolute Gasteiger partial charge is 0.346 e. The quantitative estimate of drug-likeness (QED) is 0.0863. The molecule has 538 valence electrons. The molecule has 4 heterocycles. The summed E-state index contributed by atoms with van der Waals surface area (Å²) < 4.78 is 18.0. The number of fused-ring (bicyclic) bond motifs is 14. The Kier molecular flexibility index (Phi) is 16.0. The Bertz CT molecular complexity index is 6230. The lowest BCUT2D eigenvalue weighted by atomic mass is 9.67. The van der Waals surface area contributed by atoms with E-state index in [1.54, 1.807) is 60.7 Å². The van der Waals surface area contributed by atoms with Crippen LogP contribution in [-0.4, -0.2) is 58.0 Å². The van der Waals surface area contributed by atoms with Gasteiger partial charge in [0.15, 0.2) is 0 Å². The van der Waals surface area contributed by atoms with Crippen LogP contribution in [0.4, 0.5) is 0 Å². The summed E-state index contributed by atoms with van der Waals surface area (Å²) in [5.74, 6) is -4.43. The molecule has 14 heteroatoms. The van der Waals surface area contributed by atoms with Crippen molar-refractivity contribution in [3.8, 4) is 56.0 Å². The van der Waals surface area contributed by atoms with Gasteiger partial charge in [-0.1, -0.05) is 255 Å². The number of carbonyl (C=O) groups is 8. The lowest BCUT2D eigenvalue weighted by Crippen LogP contribution is -2.29. The third-order valence-corrected chi connectivity index (χ3v) is 22.6. The summed E-state index contributed by atoms with van der Waals surface area (Å²) in [4.78, 5) is 90.7. The first kappa shape index (κ1) is 68.3. The lowest BCUT2D eigenvalue weighted by molar-refractivity contribution is -0.150. The Morgan fingerprint density at radius 2 is 0.425 bits per heavy atom. The fourth-order valence-electron chi connectivity index (χ4n) is 17.8. The van der Waals surface area contributed by atoms with Gasteiger partial charge < -0.3 is 29.2 Å². The number of phenolic OH excluding ortho intramolecular Hbond substituents is 2. The van der Waals surface area contributed by atoms with Gasteiger partial charge >= 0.3 is 47.8 Å². The molecule has 0 fully saturated rings. The van der Waals surface area contributed by atoms with E-state index in [-0.39, 0.29) is 33.8 Å². The minimum Gasteiger partial charge on any atom is -0.508 e. The van der Waals surface area contributed by atoms with Crippen molar-refractivity contribution in [1.82, 2.24) is 0 Å². The number of ether oxygens (including phenoxy) is 4. The molecule has 0 amide bonds. The second-order valence-corrected chi connectivity index (χ2v) is 28.3. The summed E-state index contributed by atoms with van der Waals surface area (Å²) >= 11 is 0. The molecule has 2 N–H and O–H groups in total. The molecule has 0 aromatic heterocycles. The maximum atomic E-state index is 12.5. The van der Waals surface area contributed by atoms with Crippen molar-refractivity contribution in [2.45, 2.75) is 16.2 Å². The van der Waals surface area contributed by atoms with Crippen LogP contribution >= 0.6 is 0 Å². The van der Waals surface area contributed by atoms with Gasteiger partial charge in [0.05, 0.1) is 49.6 Å². The number of phenols is 2. The first-order chi connectivity index (χ1) is 55.1. The number of rotatable bonds is 7. The van der Waals surface area contributed by atoms with Crippen LogP contribution in [-0.2, 0) is 44.8 Å². The highest BCUT2D eigenvalue weighted by Crippen LogP contribution is 2.60. The zero-order valence-electron chi connectivity index (χ0n) is 59.6. The minimum absolute atomic E-state index is 0.199. The molecule has 0 radical (unpaired) electrons. The predicted molar refractivity (Wildman–Crippen MR) is 424 cm³/mol. The number of esters is 8. The van der Waals surface area contributed by atoms with Crippen LogP contribution in [0.1, 0.15) is 129 Å². The van der Waals surface area contributed by atoms with E-state index >= 15 is 0 Å². The van der Waals surface area contributed by atoms with Gasteiger partial charge in [-0.3, -0.25) is 0 Å². The van der Waals surface area contributed by atoms with E-state index in [0.717, 1.165) is 78.2 Å². The molecule has 15 aromatic rings. The zero-order chi connectivity index (χ0) is 77.0. The normalized spacial score (nSPS) is 15.0. The van der Waals surface area contributed by atoms with Crippen molar-refractivity contribution in [3.05, 3.63) is 440 Å². The molecular weight excluding hydrogens is 1410 g/mol. The second kappa shape index (κ2) is 26.5. The van der Waals surface area contributed by atoms with Crippen molar-refractivity contribution in [2.24, 2.45) is 0 Å². The molecule has 14 nitrogen and oxygen atoms in total. The van der Waals surface area contributed by atoms with Gasteiger partial charge in [-0.05, 0) is 206 Å². The fourth-order valence-corrected chi connectivity index (χ4v) is 17.8. The Morgan fingerprint density at radius 1 is 0.195 bits per heavy atom. The van der Waals surface area contributed by atoms with Crippen molar-refractivity contribution in [3.63, 3.8) is 0 Å². The molecule has 7 aliphatic rings. The van der Waals surface area contributed by atoms with Crippen LogP contribution in [0, 0.1) is 0 Å².